The average Bonchev–Trinajstić information content (AvgIpc) is 2.72. The van der Waals surface area contributed by atoms with Gasteiger partial charge in [0.25, 0.3) is 0 Å². The van der Waals surface area contributed by atoms with E-state index in [0.29, 0.717) is 0 Å². The minimum absolute atomic E-state index is 1.09. The SMILES string of the molecule is CCCN1C=CC(N2CCCC2)=CC1. The first-order valence-electron chi connectivity index (χ1n) is 5.77. The summed E-state index contributed by atoms with van der Waals surface area (Å²) in [6, 6.07) is 0. The highest BCUT2D eigenvalue weighted by atomic mass is 15.2. The Labute approximate surface area is 86.9 Å². The monoisotopic (exact) mass is 192 g/mol. The van der Waals surface area contributed by atoms with E-state index in [2.05, 4.69) is 35.1 Å². The van der Waals surface area contributed by atoms with E-state index in [-0.39, 0.29) is 0 Å². The molecule has 0 aromatic rings. The van der Waals surface area contributed by atoms with Crippen LogP contribution in [0.4, 0.5) is 0 Å². The van der Waals surface area contributed by atoms with Gasteiger partial charge in [-0.3, -0.25) is 0 Å². The van der Waals surface area contributed by atoms with E-state index in [0.717, 1.165) is 6.54 Å². The van der Waals surface area contributed by atoms with E-state index < -0.39 is 0 Å². The van der Waals surface area contributed by atoms with Crippen LogP contribution in [0.2, 0.25) is 0 Å². The lowest BCUT2D eigenvalue weighted by Gasteiger charge is -2.26. The molecule has 0 spiro atoms. The summed E-state index contributed by atoms with van der Waals surface area (Å²) >= 11 is 0. The fourth-order valence-corrected chi connectivity index (χ4v) is 2.18. The van der Waals surface area contributed by atoms with E-state index in [1.54, 1.807) is 0 Å². The number of hydrogen-bond acceptors (Lipinski definition) is 2. The first-order valence-corrected chi connectivity index (χ1v) is 5.77. The van der Waals surface area contributed by atoms with Crippen molar-refractivity contribution in [3.8, 4) is 0 Å². The molecule has 0 aliphatic carbocycles. The fourth-order valence-electron chi connectivity index (χ4n) is 2.18. The lowest BCUT2D eigenvalue weighted by atomic mass is 10.2. The highest BCUT2D eigenvalue weighted by Crippen LogP contribution is 2.18. The molecule has 0 aromatic carbocycles. The Kier molecular flexibility index (Phi) is 3.12. The second kappa shape index (κ2) is 4.54. The zero-order valence-corrected chi connectivity index (χ0v) is 9.08. The Hall–Kier alpha value is -0.920. The maximum Gasteiger partial charge on any atom is 0.0376 e. The average molecular weight is 192 g/mol. The van der Waals surface area contributed by atoms with Gasteiger partial charge in [0.1, 0.15) is 0 Å². The van der Waals surface area contributed by atoms with Crippen molar-refractivity contribution in [2.24, 2.45) is 0 Å². The molecule has 0 saturated carbocycles. The first kappa shape index (κ1) is 9.63. The van der Waals surface area contributed by atoms with Crippen molar-refractivity contribution in [1.82, 2.24) is 9.80 Å². The van der Waals surface area contributed by atoms with Crippen LogP contribution in [0.1, 0.15) is 26.2 Å². The number of rotatable bonds is 3. The van der Waals surface area contributed by atoms with Crippen molar-refractivity contribution < 1.29 is 0 Å². The summed E-state index contributed by atoms with van der Waals surface area (Å²) in [5.74, 6) is 0. The van der Waals surface area contributed by atoms with E-state index in [4.69, 9.17) is 0 Å². The molecule has 2 nitrogen and oxygen atoms in total. The predicted molar refractivity (Wildman–Crippen MR) is 59.9 cm³/mol. The van der Waals surface area contributed by atoms with Crippen LogP contribution in [0.15, 0.2) is 24.0 Å². The molecule has 0 atom stereocenters. The molecule has 2 aliphatic heterocycles. The highest BCUT2D eigenvalue weighted by molar-refractivity contribution is 5.22. The zero-order chi connectivity index (χ0) is 9.80. The van der Waals surface area contributed by atoms with Gasteiger partial charge < -0.3 is 9.80 Å². The van der Waals surface area contributed by atoms with Crippen molar-refractivity contribution in [2.75, 3.05) is 26.2 Å². The summed E-state index contributed by atoms with van der Waals surface area (Å²) < 4.78 is 0. The molecule has 0 bridgehead atoms. The van der Waals surface area contributed by atoms with Crippen LogP contribution in [0.5, 0.6) is 0 Å². The summed E-state index contributed by atoms with van der Waals surface area (Å²) in [4.78, 5) is 4.87. The van der Waals surface area contributed by atoms with Gasteiger partial charge in [-0.1, -0.05) is 6.92 Å². The Bertz CT molecular complexity index is 237. The van der Waals surface area contributed by atoms with E-state index >= 15 is 0 Å². The molecule has 2 rings (SSSR count). The third-order valence-electron chi connectivity index (χ3n) is 2.97. The highest BCUT2D eigenvalue weighted by Gasteiger charge is 2.14. The molecule has 0 aromatic heterocycles. The number of hydrogen-bond donors (Lipinski definition) is 0. The molecular formula is C12H20N2. The predicted octanol–water partition coefficient (Wildman–Crippen LogP) is 2.21. The molecule has 1 saturated heterocycles. The second-order valence-electron chi connectivity index (χ2n) is 4.13. The largest absolute Gasteiger partial charge is 0.374 e. The van der Waals surface area contributed by atoms with Gasteiger partial charge in [0.2, 0.25) is 0 Å². The van der Waals surface area contributed by atoms with Gasteiger partial charge in [0.15, 0.2) is 0 Å². The van der Waals surface area contributed by atoms with Crippen molar-refractivity contribution >= 4 is 0 Å². The minimum Gasteiger partial charge on any atom is -0.374 e. The lowest BCUT2D eigenvalue weighted by molar-refractivity contribution is 0.384. The van der Waals surface area contributed by atoms with Crippen LogP contribution in [0.25, 0.3) is 0 Å². The first-order chi connectivity index (χ1) is 6.90. The Morgan fingerprint density at radius 1 is 1.29 bits per heavy atom. The topological polar surface area (TPSA) is 6.48 Å². The maximum absolute atomic E-state index is 2.50. The number of nitrogens with zero attached hydrogens (tertiary/aromatic N) is 2. The molecule has 2 heteroatoms. The molecule has 2 heterocycles. The molecule has 0 unspecified atom stereocenters. The number of likely N-dealkylation sites (tertiary alicyclic amines) is 1. The van der Waals surface area contributed by atoms with Crippen molar-refractivity contribution in [3.05, 3.63) is 24.0 Å². The summed E-state index contributed by atoms with van der Waals surface area (Å²) in [6.07, 6.45) is 10.8. The van der Waals surface area contributed by atoms with Crippen LogP contribution >= 0.6 is 0 Å². The van der Waals surface area contributed by atoms with Gasteiger partial charge in [-0.2, -0.15) is 0 Å². The molecule has 1 fully saturated rings. The minimum atomic E-state index is 1.09. The molecule has 0 N–H and O–H groups in total. The van der Waals surface area contributed by atoms with Gasteiger partial charge in [-0.25, -0.2) is 0 Å². The van der Waals surface area contributed by atoms with E-state index in [1.807, 2.05) is 0 Å². The summed E-state index contributed by atoms with van der Waals surface area (Å²) in [5, 5.41) is 0. The molecule has 0 radical (unpaired) electrons. The van der Waals surface area contributed by atoms with Gasteiger partial charge in [0.05, 0.1) is 0 Å². The third kappa shape index (κ3) is 2.11. The van der Waals surface area contributed by atoms with Gasteiger partial charge in [-0.15, -0.1) is 0 Å². The van der Waals surface area contributed by atoms with Crippen LogP contribution in [-0.4, -0.2) is 36.0 Å². The summed E-state index contributed by atoms with van der Waals surface area (Å²) in [7, 11) is 0. The van der Waals surface area contributed by atoms with Crippen LogP contribution in [0.3, 0.4) is 0 Å². The quantitative estimate of drug-likeness (QED) is 0.676. The Balaban J connectivity index is 1.88. The van der Waals surface area contributed by atoms with Gasteiger partial charge in [-0.05, 0) is 31.4 Å². The van der Waals surface area contributed by atoms with Crippen molar-refractivity contribution in [3.63, 3.8) is 0 Å². The summed E-state index contributed by atoms with van der Waals surface area (Å²) in [6.45, 7) is 7.01. The lowest BCUT2D eigenvalue weighted by Crippen LogP contribution is -2.25. The molecular weight excluding hydrogens is 172 g/mol. The Morgan fingerprint density at radius 2 is 2.07 bits per heavy atom. The molecule has 2 aliphatic rings. The van der Waals surface area contributed by atoms with Crippen molar-refractivity contribution in [1.29, 1.82) is 0 Å². The fraction of sp³-hybridized carbons (Fsp3) is 0.667. The molecule has 0 amide bonds. The number of allylic oxidation sites excluding steroid dienone is 1. The molecule has 78 valence electrons. The summed E-state index contributed by atoms with van der Waals surface area (Å²) in [5.41, 5.74) is 1.44. The Morgan fingerprint density at radius 3 is 2.64 bits per heavy atom. The van der Waals surface area contributed by atoms with E-state index in [9.17, 15) is 0 Å². The zero-order valence-electron chi connectivity index (χ0n) is 9.08. The van der Waals surface area contributed by atoms with Crippen LogP contribution in [-0.2, 0) is 0 Å². The third-order valence-corrected chi connectivity index (χ3v) is 2.97. The molecule has 14 heavy (non-hydrogen) atoms. The second-order valence-corrected chi connectivity index (χ2v) is 4.13. The van der Waals surface area contributed by atoms with Gasteiger partial charge >= 0.3 is 0 Å². The maximum atomic E-state index is 2.50. The van der Waals surface area contributed by atoms with Crippen LogP contribution < -0.4 is 0 Å². The standard InChI is InChI=1S/C12H20N2/c1-2-7-13-10-5-12(6-11-13)14-8-3-4-9-14/h5-6,10H,2-4,7-9,11H2,1H3. The smallest absolute Gasteiger partial charge is 0.0376 e. The van der Waals surface area contributed by atoms with Gasteiger partial charge in [0, 0.05) is 38.1 Å². The van der Waals surface area contributed by atoms with Crippen molar-refractivity contribution in [2.45, 2.75) is 26.2 Å². The normalized spacial score (nSPS) is 21.6. The van der Waals surface area contributed by atoms with Crippen LogP contribution in [0, 0.1) is 0 Å². The van der Waals surface area contributed by atoms with E-state index in [1.165, 1.54) is 44.6 Å².